The van der Waals surface area contributed by atoms with Crippen LogP contribution in [-0.2, 0) is 11.2 Å². The van der Waals surface area contributed by atoms with Crippen LogP contribution >= 0.6 is 0 Å². The van der Waals surface area contributed by atoms with E-state index in [1.165, 1.54) is 30.4 Å². The molecule has 2 fully saturated rings. The van der Waals surface area contributed by atoms with Crippen LogP contribution < -0.4 is 5.32 Å². The first-order valence-corrected chi connectivity index (χ1v) is 13.2. The predicted octanol–water partition coefficient (Wildman–Crippen LogP) is 5.28. The van der Waals surface area contributed by atoms with Gasteiger partial charge in [-0.25, -0.2) is 0 Å². The van der Waals surface area contributed by atoms with Crippen LogP contribution in [0.2, 0.25) is 0 Å². The molecule has 1 saturated carbocycles. The molecule has 3 aromatic rings. The van der Waals surface area contributed by atoms with Gasteiger partial charge in [-0.1, -0.05) is 72.2 Å². The van der Waals surface area contributed by atoms with E-state index in [4.69, 9.17) is 9.51 Å². The molecule has 1 aliphatic carbocycles. The minimum atomic E-state index is 0.0676. The zero-order chi connectivity index (χ0) is 23.9. The third-order valence-corrected chi connectivity index (χ3v) is 7.60. The molecule has 0 unspecified atom stereocenters. The average Bonchev–Trinajstić information content (AvgIpc) is 3.34. The largest absolute Gasteiger partial charge is 0.349 e. The summed E-state index contributed by atoms with van der Waals surface area (Å²) >= 11 is 0. The quantitative estimate of drug-likeness (QED) is 0.435. The van der Waals surface area contributed by atoms with Crippen molar-refractivity contribution in [2.45, 2.75) is 63.3 Å². The molecule has 1 aliphatic heterocycles. The van der Waals surface area contributed by atoms with Crippen LogP contribution in [0.3, 0.4) is 0 Å². The summed E-state index contributed by atoms with van der Waals surface area (Å²) in [5.74, 6) is 2.65. The summed E-state index contributed by atoms with van der Waals surface area (Å²) in [4.78, 5) is 19.8. The number of aromatic nitrogens is 2. The Labute approximate surface area is 208 Å². The fourth-order valence-corrected chi connectivity index (χ4v) is 5.22. The minimum absolute atomic E-state index is 0.0676. The number of nitrogens with zero attached hydrogens (tertiary/aromatic N) is 3. The first kappa shape index (κ1) is 23.7. The number of piperidine rings is 1. The van der Waals surface area contributed by atoms with E-state index in [1.54, 1.807) is 0 Å². The Kier molecular flexibility index (Phi) is 7.89. The van der Waals surface area contributed by atoms with E-state index >= 15 is 0 Å². The van der Waals surface area contributed by atoms with E-state index < -0.39 is 0 Å². The van der Waals surface area contributed by atoms with Crippen LogP contribution in [0.25, 0.3) is 0 Å². The van der Waals surface area contributed by atoms with E-state index in [9.17, 15) is 4.79 Å². The summed E-state index contributed by atoms with van der Waals surface area (Å²) in [6, 6.07) is 20.7. The van der Waals surface area contributed by atoms with Gasteiger partial charge in [-0.2, -0.15) is 4.98 Å². The number of carbonyl (C=O) groups excluding carboxylic acids is 1. The maximum absolute atomic E-state index is 12.7. The summed E-state index contributed by atoms with van der Waals surface area (Å²) in [5, 5.41) is 7.55. The summed E-state index contributed by atoms with van der Waals surface area (Å²) in [6.45, 7) is 3.00. The Balaban J connectivity index is 1.11. The summed E-state index contributed by atoms with van der Waals surface area (Å²) in [6.07, 6.45) is 8.02. The van der Waals surface area contributed by atoms with Gasteiger partial charge in [0.05, 0.1) is 6.04 Å². The van der Waals surface area contributed by atoms with E-state index in [0.717, 1.165) is 50.6 Å². The zero-order valence-electron chi connectivity index (χ0n) is 20.4. The van der Waals surface area contributed by atoms with E-state index in [-0.39, 0.29) is 11.9 Å². The van der Waals surface area contributed by atoms with Crippen LogP contribution in [0.15, 0.2) is 65.2 Å². The molecular formula is C29H36N4O2. The standard InChI is InChI=1S/C29H36N4O2/c34-28(21-23-10-7-11-23)30-26(24-12-5-2-6-13-24)16-19-33-17-14-25(15-18-33)29-31-27(32-35-29)20-22-8-3-1-4-9-22/h1-6,8-9,12-13,23,25-26H,7,10-11,14-21H2,(H,30,34)/t26-/m0/s1. The smallest absolute Gasteiger partial charge is 0.229 e. The number of nitrogens with one attached hydrogen (secondary N) is 1. The average molecular weight is 473 g/mol. The van der Waals surface area contributed by atoms with Crippen molar-refractivity contribution >= 4 is 5.91 Å². The van der Waals surface area contributed by atoms with Crippen LogP contribution in [0.5, 0.6) is 0 Å². The highest BCUT2D eigenvalue weighted by Crippen LogP contribution is 2.30. The minimum Gasteiger partial charge on any atom is -0.349 e. The maximum Gasteiger partial charge on any atom is 0.229 e. The van der Waals surface area contributed by atoms with E-state index in [1.807, 2.05) is 24.3 Å². The Bertz CT molecular complexity index is 1060. The molecule has 2 aromatic carbocycles. The second-order valence-electron chi connectivity index (χ2n) is 10.1. The molecule has 0 spiro atoms. The normalized spacial score (nSPS) is 18.2. The highest BCUT2D eigenvalue weighted by Gasteiger charge is 2.27. The molecule has 0 radical (unpaired) electrons. The third kappa shape index (κ3) is 6.57. The summed E-state index contributed by atoms with van der Waals surface area (Å²) in [7, 11) is 0. The highest BCUT2D eigenvalue weighted by molar-refractivity contribution is 5.76. The molecule has 1 aromatic heterocycles. The highest BCUT2D eigenvalue weighted by atomic mass is 16.5. The molecule has 1 amide bonds. The molecule has 6 nitrogen and oxygen atoms in total. The molecule has 1 saturated heterocycles. The first-order chi connectivity index (χ1) is 17.2. The van der Waals surface area contributed by atoms with Crippen molar-refractivity contribution in [3.63, 3.8) is 0 Å². The molecule has 1 atom stereocenters. The monoisotopic (exact) mass is 472 g/mol. The Hall–Kier alpha value is -2.99. The lowest BCUT2D eigenvalue weighted by Crippen LogP contribution is -2.37. The first-order valence-electron chi connectivity index (χ1n) is 13.2. The number of carbonyl (C=O) groups is 1. The lowest BCUT2D eigenvalue weighted by atomic mass is 9.83. The molecule has 35 heavy (non-hydrogen) atoms. The number of hydrogen-bond donors (Lipinski definition) is 1. The molecule has 6 heteroatoms. The van der Waals surface area contributed by atoms with Crippen LogP contribution in [0.4, 0.5) is 0 Å². The molecule has 5 rings (SSSR count). The van der Waals surface area contributed by atoms with Crippen LogP contribution in [0, 0.1) is 5.92 Å². The number of hydrogen-bond acceptors (Lipinski definition) is 5. The van der Waals surface area contributed by atoms with Crippen LogP contribution in [0.1, 0.15) is 79.7 Å². The number of likely N-dealkylation sites (tertiary alicyclic amines) is 1. The molecule has 2 heterocycles. The van der Waals surface area contributed by atoms with Crippen molar-refractivity contribution in [3.05, 3.63) is 83.5 Å². The van der Waals surface area contributed by atoms with Crippen molar-refractivity contribution in [1.29, 1.82) is 0 Å². The summed E-state index contributed by atoms with van der Waals surface area (Å²) < 4.78 is 5.63. The molecule has 1 N–H and O–H groups in total. The van der Waals surface area contributed by atoms with Crippen molar-refractivity contribution in [2.75, 3.05) is 19.6 Å². The SMILES string of the molecule is O=C(CC1CCC1)N[C@@H](CCN1CCC(c2nc(Cc3ccccc3)no2)CC1)c1ccccc1. The Morgan fingerprint density at radius 3 is 2.40 bits per heavy atom. The summed E-state index contributed by atoms with van der Waals surface area (Å²) in [5.41, 5.74) is 2.39. The number of benzene rings is 2. The zero-order valence-corrected chi connectivity index (χ0v) is 20.4. The fourth-order valence-electron chi connectivity index (χ4n) is 5.22. The van der Waals surface area contributed by atoms with Gasteiger partial charge in [0.2, 0.25) is 11.8 Å². The lowest BCUT2D eigenvalue weighted by molar-refractivity contribution is -0.123. The van der Waals surface area contributed by atoms with E-state index in [0.29, 0.717) is 24.7 Å². The Morgan fingerprint density at radius 1 is 1.00 bits per heavy atom. The van der Waals surface area contributed by atoms with Crippen molar-refractivity contribution < 1.29 is 9.32 Å². The van der Waals surface area contributed by atoms with Gasteiger partial charge in [-0.3, -0.25) is 4.79 Å². The van der Waals surface area contributed by atoms with Crippen LogP contribution in [-0.4, -0.2) is 40.6 Å². The van der Waals surface area contributed by atoms with Gasteiger partial charge in [0.1, 0.15) is 0 Å². The van der Waals surface area contributed by atoms with Gasteiger partial charge in [-0.05, 0) is 62.2 Å². The van der Waals surface area contributed by atoms with Crippen molar-refractivity contribution in [1.82, 2.24) is 20.4 Å². The topological polar surface area (TPSA) is 71.3 Å². The van der Waals surface area contributed by atoms with Gasteiger partial charge in [0, 0.05) is 25.3 Å². The molecule has 184 valence electrons. The van der Waals surface area contributed by atoms with Gasteiger partial charge >= 0.3 is 0 Å². The Morgan fingerprint density at radius 2 is 1.71 bits per heavy atom. The fraction of sp³-hybridized carbons (Fsp3) is 0.483. The molecule has 2 aliphatic rings. The van der Waals surface area contributed by atoms with Gasteiger partial charge in [0.15, 0.2) is 5.82 Å². The maximum atomic E-state index is 12.7. The van der Waals surface area contributed by atoms with Crippen molar-refractivity contribution in [2.24, 2.45) is 5.92 Å². The van der Waals surface area contributed by atoms with Gasteiger partial charge in [-0.15, -0.1) is 0 Å². The molecule has 0 bridgehead atoms. The lowest BCUT2D eigenvalue weighted by Gasteiger charge is -2.32. The second kappa shape index (κ2) is 11.6. The predicted molar refractivity (Wildman–Crippen MR) is 136 cm³/mol. The number of rotatable bonds is 10. The number of amides is 1. The molecular weight excluding hydrogens is 436 g/mol. The second-order valence-corrected chi connectivity index (χ2v) is 10.1. The van der Waals surface area contributed by atoms with E-state index in [2.05, 4.69) is 51.8 Å². The third-order valence-electron chi connectivity index (χ3n) is 7.60. The van der Waals surface area contributed by atoms with Crippen molar-refractivity contribution in [3.8, 4) is 0 Å². The van der Waals surface area contributed by atoms with Gasteiger partial charge < -0.3 is 14.7 Å². The van der Waals surface area contributed by atoms with Gasteiger partial charge in [0.25, 0.3) is 0 Å².